The monoisotopic (exact) mass is 460 g/mol. The second-order valence-corrected chi connectivity index (χ2v) is 8.71. The number of rotatable bonds is 4. The first-order valence-electron chi connectivity index (χ1n) is 11.4. The smallest absolute Gasteiger partial charge is 0.256 e. The lowest BCUT2D eigenvalue weighted by molar-refractivity contribution is 0.0742. The van der Waals surface area contributed by atoms with E-state index in [1.54, 1.807) is 40.0 Å². The van der Waals surface area contributed by atoms with Crippen LogP contribution in [-0.2, 0) is 0 Å². The Kier molecular flexibility index (Phi) is 4.97. The van der Waals surface area contributed by atoms with Crippen molar-refractivity contribution in [2.24, 2.45) is 0 Å². The van der Waals surface area contributed by atoms with Crippen LogP contribution in [0.5, 0.6) is 0 Å². The summed E-state index contributed by atoms with van der Waals surface area (Å²) in [4.78, 5) is 26.3. The molecule has 0 N–H and O–H groups in total. The summed E-state index contributed by atoms with van der Waals surface area (Å²) in [7, 11) is 0. The van der Waals surface area contributed by atoms with Gasteiger partial charge in [-0.15, -0.1) is 0 Å². The summed E-state index contributed by atoms with van der Waals surface area (Å²) in [5.41, 5.74) is 1.50. The van der Waals surface area contributed by atoms with Crippen molar-refractivity contribution in [3.63, 3.8) is 0 Å². The number of hydrogen-bond donors (Lipinski definition) is 0. The van der Waals surface area contributed by atoms with Crippen LogP contribution in [0, 0.1) is 11.6 Å². The lowest BCUT2D eigenvalue weighted by atomic mass is 10.1. The van der Waals surface area contributed by atoms with Crippen LogP contribution in [0.15, 0.2) is 54.7 Å². The number of carbonyl (C=O) groups is 1. The molecule has 0 atom stereocenters. The van der Waals surface area contributed by atoms with Crippen molar-refractivity contribution in [1.82, 2.24) is 24.6 Å². The third-order valence-corrected chi connectivity index (χ3v) is 6.41. The summed E-state index contributed by atoms with van der Waals surface area (Å²) in [6.07, 6.45) is 3.85. The van der Waals surface area contributed by atoms with Crippen molar-refractivity contribution in [3.05, 3.63) is 77.8 Å². The molecule has 2 fully saturated rings. The molecule has 6 rings (SSSR count). The molecular formula is C25H22F2N6O. The zero-order valence-electron chi connectivity index (χ0n) is 18.4. The number of anilines is 1. The molecule has 0 bridgehead atoms. The molecule has 2 aromatic carbocycles. The van der Waals surface area contributed by atoms with E-state index in [-0.39, 0.29) is 17.3 Å². The largest absolute Gasteiger partial charge is 0.352 e. The van der Waals surface area contributed by atoms with Crippen LogP contribution >= 0.6 is 0 Å². The topological polar surface area (TPSA) is 67.2 Å². The van der Waals surface area contributed by atoms with Crippen molar-refractivity contribution in [2.75, 3.05) is 31.1 Å². The molecule has 0 unspecified atom stereocenters. The van der Waals surface area contributed by atoms with Crippen LogP contribution in [0.1, 0.15) is 34.9 Å². The van der Waals surface area contributed by atoms with Gasteiger partial charge in [0.25, 0.3) is 5.91 Å². The Labute approximate surface area is 194 Å². The molecule has 172 valence electrons. The lowest BCUT2D eigenvalue weighted by Crippen LogP contribution is -2.49. The molecule has 9 heteroatoms. The highest BCUT2D eigenvalue weighted by atomic mass is 19.1. The Bertz CT molecular complexity index is 1370. The van der Waals surface area contributed by atoms with Crippen LogP contribution in [0.4, 0.5) is 14.6 Å². The van der Waals surface area contributed by atoms with Gasteiger partial charge in [0, 0.05) is 32.1 Å². The first-order chi connectivity index (χ1) is 16.6. The van der Waals surface area contributed by atoms with Gasteiger partial charge in [-0.05, 0) is 49.2 Å². The minimum absolute atomic E-state index is 0.0944. The zero-order chi connectivity index (χ0) is 23.2. The summed E-state index contributed by atoms with van der Waals surface area (Å²) in [5.74, 6) is 0.804. The van der Waals surface area contributed by atoms with Crippen LogP contribution in [0.3, 0.4) is 0 Å². The molecule has 34 heavy (non-hydrogen) atoms. The van der Waals surface area contributed by atoms with Gasteiger partial charge < -0.3 is 9.80 Å². The number of aromatic nitrogens is 4. The molecule has 1 aliphatic carbocycles. The van der Waals surface area contributed by atoms with Crippen LogP contribution in [0.2, 0.25) is 0 Å². The van der Waals surface area contributed by atoms with Gasteiger partial charge >= 0.3 is 0 Å². The Morgan fingerprint density at radius 2 is 1.65 bits per heavy atom. The van der Waals surface area contributed by atoms with E-state index in [2.05, 4.69) is 10.00 Å². The van der Waals surface area contributed by atoms with Gasteiger partial charge in [0.2, 0.25) is 0 Å². The molecule has 0 spiro atoms. The number of benzene rings is 2. The number of piperazine rings is 1. The number of hydrogen-bond acceptors (Lipinski definition) is 5. The molecule has 3 heterocycles. The molecule has 2 aliphatic rings. The molecule has 1 aliphatic heterocycles. The Hall–Kier alpha value is -3.88. The van der Waals surface area contributed by atoms with E-state index in [0.717, 1.165) is 35.6 Å². The maximum Gasteiger partial charge on any atom is 0.256 e. The minimum Gasteiger partial charge on any atom is -0.352 e. The highest BCUT2D eigenvalue weighted by molar-refractivity contribution is 5.95. The predicted octanol–water partition coefficient (Wildman–Crippen LogP) is 3.93. The van der Waals surface area contributed by atoms with Gasteiger partial charge in [0.05, 0.1) is 22.8 Å². The Morgan fingerprint density at radius 1 is 0.912 bits per heavy atom. The number of fused-ring (bicyclic) bond motifs is 1. The van der Waals surface area contributed by atoms with Crippen molar-refractivity contribution in [3.8, 4) is 5.69 Å². The third kappa shape index (κ3) is 3.67. The maximum atomic E-state index is 14.1. The summed E-state index contributed by atoms with van der Waals surface area (Å²) in [6.45, 7) is 2.06. The summed E-state index contributed by atoms with van der Waals surface area (Å²) >= 11 is 0. The van der Waals surface area contributed by atoms with Crippen molar-refractivity contribution < 1.29 is 13.6 Å². The average molecular weight is 460 g/mol. The summed E-state index contributed by atoms with van der Waals surface area (Å²) < 4.78 is 29.2. The summed E-state index contributed by atoms with van der Waals surface area (Å²) in [5, 5.41) is 5.33. The molecule has 1 saturated heterocycles. The number of nitrogens with zero attached hydrogens (tertiary/aromatic N) is 6. The van der Waals surface area contributed by atoms with E-state index in [4.69, 9.17) is 9.97 Å². The highest BCUT2D eigenvalue weighted by Gasteiger charge is 2.31. The van der Waals surface area contributed by atoms with Crippen molar-refractivity contribution in [2.45, 2.75) is 18.8 Å². The van der Waals surface area contributed by atoms with Crippen molar-refractivity contribution >= 4 is 22.8 Å². The van der Waals surface area contributed by atoms with Gasteiger partial charge in [-0.25, -0.2) is 23.4 Å². The normalized spacial score (nSPS) is 16.3. The predicted molar refractivity (Wildman–Crippen MR) is 123 cm³/mol. The quantitative estimate of drug-likeness (QED) is 0.462. The third-order valence-electron chi connectivity index (χ3n) is 6.41. The first-order valence-corrected chi connectivity index (χ1v) is 11.4. The second-order valence-electron chi connectivity index (χ2n) is 8.71. The van der Waals surface area contributed by atoms with E-state index >= 15 is 0 Å². The molecular weight excluding hydrogens is 438 g/mol. The summed E-state index contributed by atoms with van der Waals surface area (Å²) in [6, 6.07) is 12.2. The van der Waals surface area contributed by atoms with E-state index < -0.39 is 5.82 Å². The molecule has 4 aromatic rings. The van der Waals surface area contributed by atoms with Gasteiger partial charge in [-0.3, -0.25) is 4.79 Å². The van der Waals surface area contributed by atoms with Crippen LogP contribution in [-0.4, -0.2) is 56.7 Å². The van der Waals surface area contributed by atoms with E-state index in [0.29, 0.717) is 37.7 Å². The fraction of sp³-hybridized carbons (Fsp3) is 0.280. The second kappa shape index (κ2) is 8.16. The van der Waals surface area contributed by atoms with Crippen molar-refractivity contribution in [1.29, 1.82) is 0 Å². The molecule has 1 amide bonds. The number of halogens is 2. The van der Waals surface area contributed by atoms with Gasteiger partial charge in [-0.2, -0.15) is 5.10 Å². The van der Waals surface area contributed by atoms with Crippen LogP contribution in [0.25, 0.3) is 16.7 Å². The maximum absolute atomic E-state index is 14.1. The first kappa shape index (κ1) is 20.7. The number of carbonyl (C=O) groups excluding carboxylic acids is 1. The molecule has 7 nitrogen and oxygen atoms in total. The molecule has 2 aromatic heterocycles. The van der Waals surface area contributed by atoms with E-state index in [1.165, 1.54) is 24.3 Å². The SMILES string of the molecule is O=C(c1ccccc1F)N1CCN(c2nc(C3CC3)nc3c2cnn3-c2ccc(F)cc2)CC1. The van der Waals surface area contributed by atoms with Gasteiger partial charge in [-0.1, -0.05) is 12.1 Å². The Morgan fingerprint density at radius 3 is 2.35 bits per heavy atom. The fourth-order valence-electron chi connectivity index (χ4n) is 4.37. The zero-order valence-corrected chi connectivity index (χ0v) is 18.4. The van der Waals surface area contributed by atoms with Crippen LogP contribution < -0.4 is 4.90 Å². The standard InChI is InChI=1S/C25H22F2N6O/c26-17-7-9-18(10-8-17)33-24-20(15-28-33)23(29-22(30-24)16-5-6-16)31-11-13-32(14-12-31)25(34)19-3-1-2-4-21(19)27/h1-4,7-10,15-16H,5-6,11-14H2. The average Bonchev–Trinajstić information content (AvgIpc) is 3.63. The molecule has 1 saturated carbocycles. The molecule has 0 radical (unpaired) electrons. The van der Waals surface area contributed by atoms with Gasteiger partial charge in [0.1, 0.15) is 23.3 Å². The minimum atomic E-state index is -0.505. The highest BCUT2D eigenvalue weighted by Crippen LogP contribution is 2.40. The number of amides is 1. The van der Waals surface area contributed by atoms with E-state index in [9.17, 15) is 13.6 Å². The van der Waals surface area contributed by atoms with Gasteiger partial charge in [0.15, 0.2) is 5.65 Å². The lowest BCUT2D eigenvalue weighted by Gasteiger charge is -2.35. The Balaban J connectivity index is 1.30. The van der Waals surface area contributed by atoms with E-state index in [1.807, 2.05) is 0 Å². The fourth-order valence-corrected chi connectivity index (χ4v) is 4.37.